The number of hydrogen-bond donors (Lipinski definition) is 1. The number of H-pyrrole nitrogens is 1. The van der Waals surface area contributed by atoms with Crippen molar-refractivity contribution < 1.29 is 0 Å². The molecule has 5 nitrogen and oxygen atoms in total. The number of nitriles is 4. The van der Waals surface area contributed by atoms with E-state index in [1.165, 1.54) is 0 Å². The van der Waals surface area contributed by atoms with Crippen LogP contribution in [0.1, 0.15) is 22.3 Å². The van der Waals surface area contributed by atoms with Crippen molar-refractivity contribution in [2.24, 2.45) is 0 Å². The van der Waals surface area contributed by atoms with Crippen molar-refractivity contribution in [3.8, 4) is 24.3 Å². The summed E-state index contributed by atoms with van der Waals surface area (Å²) in [5.74, 6) is 0. The van der Waals surface area contributed by atoms with Gasteiger partial charge in [-0.15, -0.1) is 0 Å². The van der Waals surface area contributed by atoms with Gasteiger partial charge in [-0.1, -0.05) is 0 Å². The van der Waals surface area contributed by atoms with Crippen LogP contribution in [-0.2, 0) is 0 Å². The van der Waals surface area contributed by atoms with Crippen molar-refractivity contribution in [1.82, 2.24) is 4.98 Å². The first kappa shape index (κ1) is 12.2. The van der Waals surface area contributed by atoms with Gasteiger partial charge in [-0.3, -0.25) is 0 Å². The van der Waals surface area contributed by atoms with Gasteiger partial charge in [0.05, 0.1) is 45.4 Å². The Bertz CT molecular complexity index is 989. The Labute approximate surface area is 119 Å². The highest BCUT2D eigenvalue weighted by molar-refractivity contribution is 6.15. The van der Waals surface area contributed by atoms with Crippen molar-refractivity contribution in [3.05, 3.63) is 46.5 Å². The molecule has 0 aliphatic rings. The van der Waals surface area contributed by atoms with E-state index >= 15 is 0 Å². The van der Waals surface area contributed by atoms with Gasteiger partial charge in [0, 0.05) is 10.8 Å². The molecule has 0 radical (unpaired) electrons. The minimum atomic E-state index is 0.363. The lowest BCUT2D eigenvalue weighted by molar-refractivity contribution is 1.44. The van der Waals surface area contributed by atoms with Crippen LogP contribution in [0.4, 0.5) is 0 Å². The Balaban J connectivity index is 2.73. The quantitative estimate of drug-likeness (QED) is 0.674. The van der Waals surface area contributed by atoms with E-state index in [0.717, 1.165) is 0 Å². The van der Waals surface area contributed by atoms with Gasteiger partial charge in [0.1, 0.15) is 12.1 Å². The maximum Gasteiger partial charge on any atom is 0.101 e. The van der Waals surface area contributed by atoms with Crippen LogP contribution < -0.4 is 0 Å². The molecule has 0 fully saturated rings. The number of fused-ring (bicyclic) bond motifs is 3. The number of hydrogen-bond acceptors (Lipinski definition) is 4. The number of benzene rings is 2. The number of rotatable bonds is 0. The summed E-state index contributed by atoms with van der Waals surface area (Å²) in [4.78, 5) is 3.02. The molecule has 0 unspecified atom stereocenters. The number of aromatic amines is 1. The van der Waals surface area contributed by atoms with E-state index in [0.29, 0.717) is 44.1 Å². The molecule has 0 spiro atoms. The summed E-state index contributed by atoms with van der Waals surface area (Å²) in [6.07, 6.45) is 0. The molecule has 21 heavy (non-hydrogen) atoms. The molecule has 2 aromatic carbocycles. The second-order valence-electron chi connectivity index (χ2n) is 4.39. The average Bonchev–Trinajstić information content (AvgIpc) is 2.93. The number of nitrogens with zero attached hydrogens (tertiary/aromatic N) is 4. The summed E-state index contributed by atoms with van der Waals surface area (Å²) in [6, 6.07) is 14.4. The lowest BCUT2D eigenvalue weighted by Gasteiger charge is -1.98. The number of nitrogens with one attached hydrogen (secondary N) is 1. The Morgan fingerprint density at radius 3 is 1.24 bits per heavy atom. The van der Waals surface area contributed by atoms with Crippen LogP contribution in [0.15, 0.2) is 24.3 Å². The zero-order valence-electron chi connectivity index (χ0n) is 10.6. The second kappa shape index (κ2) is 4.39. The fraction of sp³-hybridized carbons (Fsp3) is 0. The lowest BCUT2D eigenvalue weighted by Crippen LogP contribution is -1.84. The smallest absolute Gasteiger partial charge is 0.101 e. The summed E-state index contributed by atoms with van der Waals surface area (Å²) in [5.41, 5.74) is 2.42. The summed E-state index contributed by atoms with van der Waals surface area (Å²) < 4.78 is 0. The van der Waals surface area contributed by atoms with Crippen LogP contribution in [0.3, 0.4) is 0 Å². The third kappa shape index (κ3) is 1.53. The molecule has 0 saturated heterocycles. The predicted molar refractivity (Wildman–Crippen MR) is 74.7 cm³/mol. The van der Waals surface area contributed by atoms with Crippen LogP contribution in [0, 0.1) is 45.3 Å². The highest BCUT2D eigenvalue weighted by Gasteiger charge is 2.17. The average molecular weight is 267 g/mol. The van der Waals surface area contributed by atoms with E-state index in [2.05, 4.69) is 29.3 Å². The molecule has 0 bridgehead atoms. The van der Waals surface area contributed by atoms with Crippen molar-refractivity contribution >= 4 is 21.8 Å². The van der Waals surface area contributed by atoms with Crippen LogP contribution in [0.5, 0.6) is 0 Å². The SMILES string of the molecule is N#Cc1ccc(C#N)c2c1[nH]c1c(C#N)ccc(C#N)c12. The van der Waals surface area contributed by atoms with E-state index in [9.17, 15) is 21.0 Å². The van der Waals surface area contributed by atoms with Crippen molar-refractivity contribution in [1.29, 1.82) is 21.0 Å². The maximum absolute atomic E-state index is 9.27. The Hall–Kier alpha value is -3.80. The highest BCUT2D eigenvalue weighted by atomic mass is 14.7. The lowest BCUT2D eigenvalue weighted by atomic mass is 9.99. The molecule has 1 heterocycles. The molecule has 3 rings (SSSR count). The predicted octanol–water partition coefficient (Wildman–Crippen LogP) is 2.81. The van der Waals surface area contributed by atoms with Gasteiger partial charge >= 0.3 is 0 Å². The molecule has 5 heteroatoms. The Kier molecular flexibility index (Phi) is 2.56. The topological polar surface area (TPSA) is 111 Å². The molecule has 0 amide bonds. The van der Waals surface area contributed by atoms with Crippen LogP contribution >= 0.6 is 0 Å². The first-order chi connectivity index (χ1) is 10.2. The summed E-state index contributed by atoms with van der Waals surface area (Å²) in [5, 5.41) is 38.0. The van der Waals surface area contributed by atoms with E-state index < -0.39 is 0 Å². The largest absolute Gasteiger partial charge is 0.352 e. The summed E-state index contributed by atoms with van der Waals surface area (Å²) in [7, 11) is 0. The Morgan fingerprint density at radius 2 is 0.905 bits per heavy atom. The van der Waals surface area contributed by atoms with Gasteiger partial charge in [0.25, 0.3) is 0 Å². The molecule has 3 aromatic rings. The van der Waals surface area contributed by atoms with Crippen molar-refractivity contribution in [2.75, 3.05) is 0 Å². The molecule has 0 aliphatic heterocycles. The first-order valence-electron chi connectivity index (χ1n) is 5.97. The van der Waals surface area contributed by atoms with Gasteiger partial charge in [-0.05, 0) is 24.3 Å². The monoisotopic (exact) mass is 267 g/mol. The third-order valence-corrected chi connectivity index (χ3v) is 3.39. The van der Waals surface area contributed by atoms with E-state index in [-0.39, 0.29) is 0 Å². The van der Waals surface area contributed by atoms with Gasteiger partial charge in [-0.25, -0.2) is 0 Å². The molecular weight excluding hydrogens is 262 g/mol. The van der Waals surface area contributed by atoms with Gasteiger partial charge in [0.2, 0.25) is 0 Å². The van der Waals surface area contributed by atoms with E-state index in [1.807, 2.05) is 0 Å². The van der Waals surface area contributed by atoms with E-state index in [4.69, 9.17) is 0 Å². The molecular formula is C16H5N5. The standard InChI is InChI=1S/C16H5N5/c17-5-9-1-3-11(7-19)15-13(9)14-10(6-18)2-4-12(8-20)16(14)21-15/h1-4,21H. The summed E-state index contributed by atoms with van der Waals surface area (Å²) >= 11 is 0. The van der Waals surface area contributed by atoms with Gasteiger partial charge in [-0.2, -0.15) is 21.0 Å². The molecule has 0 aliphatic carbocycles. The van der Waals surface area contributed by atoms with Gasteiger partial charge in [0.15, 0.2) is 0 Å². The van der Waals surface area contributed by atoms with Gasteiger partial charge < -0.3 is 4.98 Å². The van der Waals surface area contributed by atoms with Crippen LogP contribution in [0.2, 0.25) is 0 Å². The molecule has 0 saturated carbocycles. The Morgan fingerprint density at radius 1 is 0.571 bits per heavy atom. The van der Waals surface area contributed by atoms with Crippen molar-refractivity contribution in [2.45, 2.75) is 0 Å². The molecule has 0 atom stereocenters. The molecule has 1 N–H and O–H groups in total. The maximum atomic E-state index is 9.27. The molecule has 94 valence electrons. The first-order valence-corrected chi connectivity index (χ1v) is 5.97. The number of aromatic nitrogens is 1. The normalized spacial score (nSPS) is 9.71. The summed E-state index contributed by atoms with van der Waals surface area (Å²) in [6.45, 7) is 0. The fourth-order valence-corrected chi connectivity index (χ4v) is 2.48. The molecule has 1 aromatic heterocycles. The van der Waals surface area contributed by atoms with Crippen LogP contribution in [-0.4, -0.2) is 4.98 Å². The van der Waals surface area contributed by atoms with E-state index in [1.54, 1.807) is 24.3 Å². The zero-order chi connectivity index (χ0) is 15.0. The fourth-order valence-electron chi connectivity index (χ4n) is 2.48. The van der Waals surface area contributed by atoms with Crippen molar-refractivity contribution in [3.63, 3.8) is 0 Å². The highest BCUT2D eigenvalue weighted by Crippen LogP contribution is 2.34. The minimum Gasteiger partial charge on any atom is -0.352 e. The minimum absolute atomic E-state index is 0.363. The zero-order valence-corrected chi connectivity index (χ0v) is 10.6. The second-order valence-corrected chi connectivity index (χ2v) is 4.39. The van der Waals surface area contributed by atoms with Crippen LogP contribution in [0.25, 0.3) is 21.8 Å². The third-order valence-electron chi connectivity index (χ3n) is 3.39.